The van der Waals surface area contributed by atoms with Crippen molar-refractivity contribution in [2.24, 2.45) is 0 Å². The predicted molar refractivity (Wildman–Crippen MR) is 76.5 cm³/mol. The molecular formula is C14H18N4O2. The molecule has 0 amide bonds. The van der Waals surface area contributed by atoms with Gasteiger partial charge in [0, 0.05) is 20.5 Å². The predicted octanol–water partition coefficient (Wildman–Crippen LogP) is 1.55. The van der Waals surface area contributed by atoms with Crippen LogP contribution in [0.1, 0.15) is 11.4 Å². The maximum Gasteiger partial charge on any atom is 0.228 e. The van der Waals surface area contributed by atoms with Crippen molar-refractivity contribution in [3.8, 4) is 11.5 Å². The summed E-state index contributed by atoms with van der Waals surface area (Å²) in [5.41, 5.74) is 1.05. The van der Waals surface area contributed by atoms with Gasteiger partial charge in [-0.25, -0.2) is 9.97 Å². The lowest BCUT2D eigenvalue weighted by Gasteiger charge is -2.11. The fourth-order valence-corrected chi connectivity index (χ4v) is 1.79. The summed E-state index contributed by atoms with van der Waals surface area (Å²) in [5, 5.41) is 0. The molecule has 0 bridgehead atoms. The third kappa shape index (κ3) is 3.14. The summed E-state index contributed by atoms with van der Waals surface area (Å²) in [6.45, 7) is 0. The summed E-state index contributed by atoms with van der Waals surface area (Å²) in [6, 6.07) is 5.78. The maximum absolute atomic E-state index is 5.29. The summed E-state index contributed by atoms with van der Waals surface area (Å²) < 4.78 is 10.5. The van der Waals surface area contributed by atoms with Crippen molar-refractivity contribution in [1.29, 1.82) is 0 Å². The zero-order valence-corrected chi connectivity index (χ0v) is 12.1. The van der Waals surface area contributed by atoms with Crippen molar-refractivity contribution in [3.05, 3.63) is 35.9 Å². The molecule has 0 atom stereocenters. The van der Waals surface area contributed by atoms with Crippen LogP contribution in [0.25, 0.3) is 0 Å². The van der Waals surface area contributed by atoms with Crippen LogP contribution in [0.4, 0.5) is 5.95 Å². The molecule has 0 radical (unpaired) electrons. The van der Waals surface area contributed by atoms with Crippen molar-refractivity contribution >= 4 is 5.95 Å². The lowest BCUT2D eigenvalue weighted by Crippen LogP contribution is -2.14. The van der Waals surface area contributed by atoms with Gasteiger partial charge in [0.2, 0.25) is 5.95 Å². The van der Waals surface area contributed by atoms with Gasteiger partial charge < -0.3 is 14.4 Å². The molecule has 6 nitrogen and oxygen atoms in total. The quantitative estimate of drug-likeness (QED) is 0.824. The minimum Gasteiger partial charge on any atom is -0.493 e. The van der Waals surface area contributed by atoms with Crippen LogP contribution in [-0.4, -0.2) is 43.3 Å². The van der Waals surface area contributed by atoms with E-state index in [2.05, 4.69) is 15.0 Å². The maximum atomic E-state index is 5.29. The van der Waals surface area contributed by atoms with Crippen LogP contribution >= 0.6 is 0 Å². The van der Waals surface area contributed by atoms with Gasteiger partial charge in [-0.05, 0) is 17.7 Å². The van der Waals surface area contributed by atoms with E-state index in [1.807, 2.05) is 37.2 Å². The van der Waals surface area contributed by atoms with Crippen molar-refractivity contribution in [2.45, 2.75) is 6.42 Å². The number of nitrogens with zero attached hydrogens (tertiary/aromatic N) is 4. The summed E-state index contributed by atoms with van der Waals surface area (Å²) in [4.78, 5) is 14.5. The van der Waals surface area contributed by atoms with Crippen LogP contribution in [0.5, 0.6) is 11.5 Å². The molecule has 2 rings (SSSR count). The van der Waals surface area contributed by atoms with Crippen LogP contribution in [0.3, 0.4) is 0 Å². The summed E-state index contributed by atoms with van der Waals surface area (Å²) >= 11 is 0. The molecule has 0 aliphatic rings. The average Bonchev–Trinajstić information content (AvgIpc) is 2.47. The first-order chi connectivity index (χ1) is 9.63. The number of ether oxygens (including phenoxy) is 2. The molecule has 2 aromatic rings. The fourth-order valence-electron chi connectivity index (χ4n) is 1.79. The smallest absolute Gasteiger partial charge is 0.228 e. The molecule has 1 aromatic heterocycles. The number of aromatic nitrogens is 3. The van der Waals surface area contributed by atoms with Crippen molar-refractivity contribution < 1.29 is 9.47 Å². The van der Waals surface area contributed by atoms with Gasteiger partial charge >= 0.3 is 0 Å². The second-order valence-corrected chi connectivity index (χ2v) is 4.46. The second-order valence-electron chi connectivity index (χ2n) is 4.46. The van der Waals surface area contributed by atoms with Crippen molar-refractivity contribution in [3.63, 3.8) is 0 Å². The monoisotopic (exact) mass is 274 g/mol. The van der Waals surface area contributed by atoms with E-state index in [4.69, 9.17) is 9.47 Å². The number of anilines is 1. The molecule has 0 aliphatic carbocycles. The molecule has 0 aliphatic heterocycles. The van der Waals surface area contributed by atoms with E-state index in [-0.39, 0.29) is 0 Å². The summed E-state index contributed by atoms with van der Waals surface area (Å²) in [6.07, 6.45) is 2.14. The van der Waals surface area contributed by atoms with Crippen molar-refractivity contribution in [1.82, 2.24) is 15.0 Å². The molecule has 0 N–H and O–H groups in total. The Bertz CT molecular complexity index is 587. The molecular weight excluding hydrogens is 256 g/mol. The van der Waals surface area contributed by atoms with E-state index >= 15 is 0 Å². The lowest BCUT2D eigenvalue weighted by molar-refractivity contribution is 0.354. The largest absolute Gasteiger partial charge is 0.493 e. The van der Waals surface area contributed by atoms with Crippen LogP contribution in [-0.2, 0) is 6.42 Å². The molecule has 0 saturated heterocycles. The third-order valence-corrected chi connectivity index (χ3v) is 2.82. The molecule has 106 valence electrons. The zero-order valence-electron chi connectivity index (χ0n) is 12.1. The van der Waals surface area contributed by atoms with Crippen LogP contribution < -0.4 is 14.4 Å². The number of benzene rings is 1. The average molecular weight is 274 g/mol. The molecule has 1 heterocycles. The van der Waals surface area contributed by atoms with E-state index in [0.29, 0.717) is 23.9 Å². The van der Waals surface area contributed by atoms with E-state index < -0.39 is 0 Å². The Labute approximate surface area is 118 Å². The Morgan fingerprint density at radius 2 is 1.80 bits per heavy atom. The van der Waals surface area contributed by atoms with E-state index in [0.717, 1.165) is 11.4 Å². The van der Waals surface area contributed by atoms with Gasteiger partial charge in [0.05, 0.1) is 14.2 Å². The fraction of sp³-hybridized carbons (Fsp3) is 0.357. The Hall–Kier alpha value is -2.37. The van der Waals surface area contributed by atoms with Gasteiger partial charge in [-0.1, -0.05) is 6.07 Å². The zero-order chi connectivity index (χ0) is 14.5. The minimum absolute atomic E-state index is 0.615. The highest BCUT2D eigenvalue weighted by Crippen LogP contribution is 2.28. The number of rotatable bonds is 5. The minimum atomic E-state index is 0.615. The van der Waals surface area contributed by atoms with E-state index in [1.165, 1.54) is 6.33 Å². The molecule has 0 unspecified atom stereocenters. The molecule has 0 saturated carbocycles. The molecule has 0 fully saturated rings. The van der Waals surface area contributed by atoms with Gasteiger partial charge in [0.25, 0.3) is 0 Å². The van der Waals surface area contributed by atoms with Gasteiger partial charge in [0.1, 0.15) is 12.2 Å². The number of hydrogen-bond donors (Lipinski definition) is 0. The second kappa shape index (κ2) is 6.18. The first-order valence-corrected chi connectivity index (χ1v) is 6.20. The first-order valence-electron chi connectivity index (χ1n) is 6.20. The topological polar surface area (TPSA) is 60.4 Å². The molecule has 1 aromatic carbocycles. The summed E-state index contributed by atoms with van der Waals surface area (Å²) in [7, 11) is 7.03. The van der Waals surface area contributed by atoms with Gasteiger partial charge in [0.15, 0.2) is 11.5 Å². The molecule has 6 heteroatoms. The number of methoxy groups -OCH3 is 2. The number of hydrogen-bond acceptors (Lipinski definition) is 6. The van der Waals surface area contributed by atoms with E-state index in [9.17, 15) is 0 Å². The van der Waals surface area contributed by atoms with Gasteiger partial charge in [-0.15, -0.1) is 0 Å². The highest BCUT2D eigenvalue weighted by atomic mass is 16.5. The van der Waals surface area contributed by atoms with Gasteiger partial charge in [-0.2, -0.15) is 4.98 Å². The SMILES string of the molecule is COc1ccc(Cc2ncnc(N(C)C)n2)cc1OC. The van der Waals surface area contributed by atoms with Crippen LogP contribution in [0, 0.1) is 0 Å². The molecule has 20 heavy (non-hydrogen) atoms. The Morgan fingerprint density at radius 3 is 2.45 bits per heavy atom. The normalized spacial score (nSPS) is 10.2. The summed E-state index contributed by atoms with van der Waals surface area (Å²) in [5.74, 6) is 2.78. The Kier molecular flexibility index (Phi) is 4.34. The highest BCUT2D eigenvalue weighted by Gasteiger charge is 2.08. The lowest BCUT2D eigenvalue weighted by atomic mass is 10.1. The van der Waals surface area contributed by atoms with Crippen LogP contribution in [0.15, 0.2) is 24.5 Å². The van der Waals surface area contributed by atoms with Gasteiger partial charge in [-0.3, -0.25) is 0 Å². The Balaban J connectivity index is 2.23. The molecule has 0 spiro atoms. The van der Waals surface area contributed by atoms with E-state index in [1.54, 1.807) is 14.2 Å². The Morgan fingerprint density at radius 1 is 1.05 bits per heavy atom. The third-order valence-electron chi connectivity index (χ3n) is 2.82. The standard InChI is InChI=1S/C14H18N4O2/c1-18(2)14-16-9-15-13(17-14)8-10-5-6-11(19-3)12(7-10)20-4/h5-7,9H,8H2,1-4H3. The highest BCUT2D eigenvalue weighted by molar-refractivity contribution is 5.43. The van der Waals surface area contributed by atoms with Crippen LogP contribution in [0.2, 0.25) is 0 Å². The van der Waals surface area contributed by atoms with Crippen molar-refractivity contribution in [2.75, 3.05) is 33.2 Å². The first kappa shape index (κ1) is 14.0.